The number of amidine groups is 1. The number of rotatable bonds is 22. The Morgan fingerprint density at radius 2 is 0.651 bits per heavy atom. The van der Waals surface area contributed by atoms with E-state index in [0.717, 1.165) is 11.6 Å². The highest BCUT2D eigenvalue weighted by molar-refractivity contribution is 7.92. The number of fused-ring (bicyclic) bond motifs is 6. The Hall–Kier alpha value is -20.4. The predicted molar refractivity (Wildman–Crippen MR) is 540 cm³/mol. The molecule has 149 heavy (non-hydrogen) atoms. The zero-order valence-electron chi connectivity index (χ0n) is 77.9. The van der Waals surface area contributed by atoms with Crippen molar-refractivity contribution in [3.05, 3.63) is 346 Å². The first-order chi connectivity index (χ1) is 72.0. The Morgan fingerprint density at radius 1 is 0.362 bits per heavy atom. The summed E-state index contributed by atoms with van der Waals surface area (Å²) < 4.78 is 122. The number of methoxy groups -OCH3 is 1. The van der Waals surface area contributed by atoms with Crippen LogP contribution in [0.15, 0.2) is 260 Å². The van der Waals surface area contributed by atoms with Gasteiger partial charge in [0.25, 0.3) is 5.56 Å². The molecule has 0 radical (unpaired) electrons. The van der Waals surface area contributed by atoms with E-state index in [1.807, 2.05) is 12.1 Å². The van der Waals surface area contributed by atoms with E-state index >= 15 is 0 Å². The standard InChI is InChI=1S/C18H15FN8O2.C17H15FN8O2S.C16H13FN8.C16H12FN7O.C15H14FN5.C14H12FN5/c1-29-18(28)23-16-14(20)22-15(24-25-16)13-11-6-4-8-21-17(11)27(26-13)9-10-5-2-3-7-12(10)19;1-29(27,28)25-16-14(19)21-15(22-23-16)13-11-6-4-8-20-17(11)26(24-13)9-10-5-2-3-7-12(10)18;17-11-6-2-1-4-9(11)8-25-16-10(5-3-7-20-16)12(24-25)15-21-13(18)14(19)22-23-15;17-11-6-2-1-4-9(11)8-24-15-10(5-3-7-19-15)12(23-24)14-20-16(25)13(18)21-22-14;16-12-6-2-1-4-10(12)9-21-15-11(5-3-7-19-15)14(20-21)13(18)8-17;15-11-6-2-1-4-9(11)8-20-14-10(5-3-7-18-14)12(19-20)13(16)17/h2-8H,9H2,1H3,(H2,20,22,24)(H,23,25,28);2-8H,9H2,1H3,(H,23,25)(H2,19,21,22);1-7H,8H2,(H2,19,22)(H2,18,21,23);1-7H,8H2,(H2,18,21)(H,20,22,25);1-7,18H,8-9,17H2;1-7H,8H2,(H3,16,17). The topological polar surface area (TPSA) is 673 Å². The van der Waals surface area contributed by atoms with Gasteiger partial charge in [-0.15, -0.1) is 40.8 Å². The van der Waals surface area contributed by atoms with Crippen LogP contribution in [0.5, 0.6) is 0 Å². The number of benzene rings is 6. The Kier molecular flexibility index (Phi) is 29.8. The number of hydrogen-bond donors (Lipinski definition) is 12. The van der Waals surface area contributed by atoms with Crippen molar-refractivity contribution in [1.29, 1.82) is 10.8 Å². The molecule has 0 saturated carbocycles. The van der Waals surface area contributed by atoms with Crippen LogP contribution >= 0.6 is 0 Å². The number of carbonyl (C=O) groups excluding carboxylic acids is 1. The molecule has 0 unspecified atom stereocenters. The molecule has 1 amide bonds. The molecule has 16 aromatic heterocycles. The predicted octanol–water partition coefficient (Wildman–Crippen LogP) is 10.5. The number of nitrogens with one attached hydrogen (secondary N) is 5. The number of nitrogens with two attached hydrogens (primary N) is 7. The van der Waals surface area contributed by atoms with E-state index in [9.17, 15) is 44.3 Å². The number of aromatic nitrogens is 30. The number of amides is 1. The third-order valence-electron chi connectivity index (χ3n) is 21.9. The molecule has 6 aromatic carbocycles. The van der Waals surface area contributed by atoms with E-state index < -0.39 is 21.7 Å². The number of ether oxygens (including phenoxy) is 1. The minimum Gasteiger partial charge on any atom is -0.453 e. The molecule has 16 heterocycles. The molecule has 22 aromatic rings. The highest BCUT2D eigenvalue weighted by Crippen LogP contribution is 2.33. The molecule has 0 aliphatic rings. The third kappa shape index (κ3) is 22.9. The largest absolute Gasteiger partial charge is 0.453 e. The number of H-pyrrole nitrogens is 1. The zero-order valence-corrected chi connectivity index (χ0v) is 78.7. The first kappa shape index (κ1) is 100. The Morgan fingerprint density at radius 3 is 0.966 bits per heavy atom. The second-order valence-corrected chi connectivity index (χ2v) is 33.7. The summed E-state index contributed by atoms with van der Waals surface area (Å²) in [7, 11) is -2.37. The highest BCUT2D eigenvalue weighted by Gasteiger charge is 2.27. The van der Waals surface area contributed by atoms with Crippen LogP contribution in [0.3, 0.4) is 0 Å². The molecule has 0 fully saturated rings. The molecule has 0 atom stereocenters. The van der Waals surface area contributed by atoms with Crippen molar-refractivity contribution >= 4 is 135 Å². The average molecular weight is 2040 g/mol. The van der Waals surface area contributed by atoms with Gasteiger partial charge in [0.2, 0.25) is 45.0 Å². The van der Waals surface area contributed by atoms with Crippen molar-refractivity contribution in [2.75, 3.05) is 58.6 Å². The van der Waals surface area contributed by atoms with E-state index in [-0.39, 0.29) is 156 Å². The maximum atomic E-state index is 14.1. The lowest BCUT2D eigenvalue weighted by molar-refractivity contribution is 0.186. The van der Waals surface area contributed by atoms with Crippen LogP contribution in [0.1, 0.15) is 44.8 Å². The molecule has 22 rings (SSSR count). The van der Waals surface area contributed by atoms with Crippen molar-refractivity contribution in [2.45, 2.75) is 39.3 Å². The van der Waals surface area contributed by atoms with Crippen molar-refractivity contribution in [3.63, 3.8) is 0 Å². The van der Waals surface area contributed by atoms with E-state index in [0.29, 0.717) is 128 Å². The fourth-order valence-corrected chi connectivity index (χ4v) is 15.4. The number of anilines is 7. The smallest absolute Gasteiger partial charge is 0.412 e. The molecule has 0 bridgehead atoms. The summed E-state index contributed by atoms with van der Waals surface area (Å²) in [6.07, 6.45) is 9.96. The van der Waals surface area contributed by atoms with E-state index in [1.54, 1.807) is 230 Å². The molecule has 0 spiro atoms. The summed E-state index contributed by atoms with van der Waals surface area (Å²) in [5.74, 6) is -1.92. The van der Waals surface area contributed by atoms with E-state index in [2.05, 4.69) is 136 Å². The van der Waals surface area contributed by atoms with Crippen LogP contribution < -0.4 is 55.7 Å². The minimum atomic E-state index is -3.58. The average Bonchev–Trinajstić information content (AvgIpc) is 1.64. The number of carbonyl (C=O) groups is 1. The molecule has 0 aliphatic heterocycles. The fourth-order valence-electron chi connectivity index (χ4n) is 14.9. The van der Waals surface area contributed by atoms with Gasteiger partial charge in [-0.1, -0.05) is 109 Å². The van der Waals surface area contributed by atoms with Crippen molar-refractivity contribution < 1.29 is 44.3 Å². The number of aromatic amines is 1. The third-order valence-corrected chi connectivity index (χ3v) is 22.5. The Bertz CT molecular complexity index is 8970. The normalized spacial score (nSPS) is 11.1. The molecule has 19 N–H and O–H groups in total. The van der Waals surface area contributed by atoms with E-state index in [1.165, 1.54) is 48.2 Å². The molecule has 53 heteroatoms. The van der Waals surface area contributed by atoms with Gasteiger partial charge in [0, 0.05) is 82.5 Å². The molecule has 0 aliphatic carbocycles. The van der Waals surface area contributed by atoms with Gasteiger partial charge < -0.3 is 55.3 Å². The quantitative estimate of drug-likeness (QED) is 0.0170. The van der Waals surface area contributed by atoms with E-state index in [4.69, 9.17) is 51.0 Å². The van der Waals surface area contributed by atoms with Crippen LogP contribution in [-0.2, 0) is 54.0 Å². The summed E-state index contributed by atoms with van der Waals surface area (Å²) in [6, 6.07) is 60.1. The number of halogens is 6. The van der Waals surface area contributed by atoms with Crippen LogP contribution in [0.25, 0.3) is 112 Å². The summed E-state index contributed by atoms with van der Waals surface area (Å²) in [6.45, 7) is 1.33. The number of nitrogen functional groups attached to an aromatic ring is 6. The second-order valence-electron chi connectivity index (χ2n) is 32.0. The van der Waals surface area contributed by atoms with Gasteiger partial charge in [0.1, 0.15) is 74.9 Å². The lowest BCUT2D eigenvalue weighted by Gasteiger charge is -2.05. The first-order valence-electron chi connectivity index (χ1n) is 44.3. The summed E-state index contributed by atoms with van der Waals surface area (Å²) in [4.78, 5) is 63.8. The molecule has 46 nitrogen and oxygen atoms in total. The Balaban J connectivity index is 0.000000122. The van der Waals surface area contributed by atoms with Gasteiger partial charge in [-0.3, -0.25) is 20.2 Å². The van der Waals surface area contributed by atoms with Crippen molar-refractivity contribution in [2.24, 2.45) is 11.5 Å². The summed E-state index contributed by atoms with van der Waals surface area (Å²) in [5.41, 5.74) is 47.8. The summed E-state index contributed by atoms with van der Waals surface area (Å²) in [5, 5.41) is 79.3. The lowest BCUT2D eigenvalue weighted by atomic mass is 10.2. The van der Waals surface area contributed by atoms with Gasteiger partial charge in [-0.05, 0) is 109 Å². The lowest BCUT2D eigenvalue weighted by Crippen LogP contribution is -2.16. The van der Waals surface area contributed by atoms with Crippen LogP contribution in [0.2, 0.25) is 0 Å². The molecular weight excluding hydrogens is 1950 g/mol. The zero-order chi connectivity index (χ0) is 105. The number of pyridine rings is 6. The Labute approximate surface area is 835 Å². The molecule has 748 valence electrons. The van der Waals surface area contributed by atoms with Gasteiger partial charge in [0.05, 0.1) is 85.3 Å². The van der Waals surface area contributed by atoms with Crippen LogP contribution in [0.4, 0.5) is 71.9 Å². The monoisotopic (exact) mass is 2030 g/mol. The minimum absolute atomic E-state index is 0.0335. The van der Waals surface area contributed by atoms with Gasteiger partial charge in [-0.25, -0.2) is 113 Å². The maximum absolute atomic E-state index is 14.1. The van der Waals surface area contributed by atoms with Gasteiger partial charge >= 0.3 is 6.09 Å². The molecular formula is C96H81F6N41O5S. The first-order valence-corrected chi connectivity index (χ1v) is 46.2. The van der Waals surface area contributed by atoms with Crippen molar-refractivity contribution in [1.82, 2.24) is 149 Å². The van der Waals surface area contributed by atoms with Gasteiger partial charge in [0.15, 0.2) is 63.0 Å². The molecule has 0 saturated heterocycles. The van der Waals surface area contributed by atoms with Crippen molar-refractivity contribution in [3.8, 4) is 46.1 Å². The number of hydrogen-bond acceptors (Lipinski definition) is 36. The van der Waals surface area contributed by atoms with Gasteiger partial charge in [-0.2, -0.15) is 30.6 Å². The van der Waals surface area contributed by atoms with Crippen LogP contribution in [0, 0.1) is 45.7 Å². The fraction of sp³-hybridized carbons (Fsp3) is 0.0938. The maximum Gasteiger partial charge on any atom is 0.412 e. The SMILES string of the molecule is COC(=O)Nc1nnc(-c2nn(Cc3ccccc3F)c3ncccc23)nc1N.CS(=O)(=O)Nc1nnc(-c2nn(Cc3ccccc3F)c3ncccc23)nc1N.N=C(CN)c1nn(Cc2ccccc2F)c2ncccc12.N=C(N)c1nn(Cc2ccccc2F)c2ncccc12.Nc1nnc(-c2nn(Cc3ccccc3F)c3ncccc23)[nH]c1=O.Nc1nnc(-c2nn(Cc3ccccc3F)c3ncccc23)nc1N. The summed E-state index contributed by atoms with van der Waals surface area (Å²) >= 11 is 0. The van der Waals surface area contributed by atoms with Crippen LogP contribution in [-0.4, -0.2) is 195 Å². The second kappa shape index (κ2) is 44.4. The number of nitrogens with zero attached hydrogens (tertiary/aromatic N) is 29. The highest BCUT2D eigenvalue weighted by atomic mass is 32.2. The number of sulfonamides is 1.